The van der Waals surface area contributed by atoms with Crippen molar-refractivity contribution in [2.45, 2.75) is 66.3 Å². The first-order valence-corrected chi connectivity index (χ1v) is 11.8. The number of hydrogen-bond acceptors (Lipinski definition) is 3. The molecule has 1 atom stereocenters. The molecule has 3 rings (SSSR count). The average Bonchev–Trinajstić information content (AvgIpc) is 2.76. The van der Waals surface area contributed by atoms with Crippen LogP contribution in [0.2, 0.25) is 0 Å². The van der Waals surface area contributed by atoms with Crippen LogP contribution in [0, 0.1) is 12.8 Å². The highest BCUT2D eigenvalue weighted by atomic mass is 16.2. The molecule has 0 radical (unpaired) electrons. The number of carbonyl (C=O) groups excluding carboxylic acids is 1. The Morgan fingerprint density at radius 3 is 2.50 bits per heavy atom. The van der Waals surface area contributed by atoms with Gasteiger partial charge in [-0.15, -0.1) is 0 Å². The summed E-state index contributed by atoms with van der Waals surface area (Å²) in [5.41, 5.74) is 2.43. The number of benzene rings is 2. The maximum atomic E-state index is 13.7. The molecular weight excluding hydrogens is 398 g/mol. The van der Waals surface area contributed by atoms with E-state index in [2.05, 4.69) is 27.7 Å². The van der Waals surface area contributed by atoms with E-state index in [1.165, 1.54) is 0 Å². The van der Waals surface area contributed by atoms with Gasteiger partial charge in [0.2, 0.25) is 5.91 Å². The molecule has 0 saturated carbocycles. The summed E-state index contributed by atoms with van der Waals surface area (Å²) in [6.45, 7) is 11.0. The summed E-state index contributed by atoms with van der Waals surface area (Å²) < 4.78 is 1.71. The van der Waals surface area contributed by atoms with E-state index >= 15 is 0 Å². The summed E-state index contributed by atoms with van der Waals surface area (Å²) in [6, 6.07) is 15.1. The summed E-state index contributed by atoms with van der Waals surface area (Å²) in [4.78, 5) is 33.9. The first-order chi connectivity index (χ1) is 15.4. The average molecular weight is 434 g/mol. The Balaban J connectivity index is 2.26. The monoisotopic (exact) mass is 433 g/mol. The minimum Gasteiger partial charge on any atom is -0.332 e. The highest BCUT2D eigenvalue weighted by Crippen LogP contribution is 2.28. The first-order valence-electron chi connectivity index (χ1n) is 11.8. The van der Waals surface area contributed by atoms with Gasteiger partial charge in [0, 0.05) is 13.0 Å². The molecule has 1 unspecified atom stereocenters. The van der Waals surface area contributed by atoms with Gasteiger partial charge in [0.05, 0.1) is 22.6 Å². The summed E-state index contributed by atoms with van der Waals surface area (Å²) in [5, 5.41) is 0.584. The maximum Gasteiger partial charge on any atom is 0.266 e. The maximum absolute atomic E-state index is 13.7. The number of nitrogens with zero attached hydrogens (tertiary/aromatic N) is 3. The number of para-hydroxylation sites is 1. The molecule has 3 aromatic rings. The quantitative estimate of drug-likeness (QED) is 0.427. The molecule has 32 heavy (non-hydrogen) atoms. The molecule has 0 aliphatic carbocycles. The Hall–Kier alpha value is -2.95. The van der Waals surface area contributed by atoms with E-state index in [1.807, 2.05) is 60.4 Å². The highest BCUT2D eigenvalue weighted by molar-refractivity contribution is 5.79. The zero-order valence-corrected chi connectivity index (χ0v) is 20.0. The molecule has 0 aliphatic rings. The zero-order valence-electron chi connectivity index (χ0n) is 20.0. The van der Waals surface area contributed by atoms with Crippen LogP contribution in [0.5, 0.6) is 0 Å². The van der Waals surface area contributed by atoms with Crippen molar-refractivity contribution in [3.63, 3.8) is 0 Å². The third-order valence-electron chi connectivity index (χ3n) is 5.78. The Morgan fingerprint density at radius 1 is 1.09 bits per heavy atom. The summed E-state index contributed by atoms with van der Waals surface area (Å²) in [6.07, 6.45) is 3.09. The molecule has 170 valence electrons. The Morgan fingerprint density at radius 2 is 1.84 bits per heavy atom. The van der Waals surface area contributed by atoms with Gasteiger partial charge in [0.1, 0.15) is 5.82 Å². The molecule has 0 N–H and O–H groups in total. The Kier molecular flexibility index (Phi) is 7.84. The molecule has 2 aromatic carbocycles. The van der Waals surface area contributed by atoms with E-state index in [4.69, 9.17) is 4.98 Å². The lowest BCUT2D eigenvalue weighted by Gasteiger charge is -2.33. The van der Waals surface area contributed by atoms with E-state index < -0.39 is 0 Å². The predicted octanol–water partition coefficient (Wildman–Crippen LogP) is 5.82. The van der Waals surface area contributed by atoms with E-state index in [1.54, 1.807) is 4.57 Å². The van der Waals surface area contributed by atoms with Crippen LogP contribution in [0.1, 0.15) is 70.8 Å². The van der Waals surface area contributed by atoms with Crippen LogP contribution in [0.15, 0.2) is 53.3 Å². The fourth-order valence-corrected chi connectivity index (χ4v) is 4.18. The molecule has 0 saturated heterocycles. The van der Waals surface area contributed by atoms with Crippen LogP contribution in [0.25, 0.3) is 16.6 Å². The van der Waals surface area contributed by atoms with Crippen LogP contribution in [-0.4, -0.2) is 26.9 Å². The molecule has 5 nitrogen and oxygen atoms in total. The van der Waals surface area contributed by atoms with Gasteiger partial charge in [-0.25, -0.2) is 4.98 Å². The van der Waals surface area contributed by atoms with E-state index in [-0.39, 0.29) is 23.4 Å². The van der Waals surface area contributed by atoms with Crippen LogP contribution >= 0.6 is 0 Å². The molecular formula is C27H35N3O2. The SMILES string of the molecule is CCCCN(C(=O)CC(C)C)C(CC)c1nc2ccccc2c(=O)n1-c1cccc(C)c1. The van der Waals surface area contributed by atoms with Gasteiger partial charge in [0.15, 0.2) is 0 Å². The van der Waals surface area contributed by atoms with Crippen molar-refractivity contribution in [2.75, 3.05) is 6.54 Å². The van der Waals surface area contributed by atoms with Crippen LogP contribution in [0.3, 0.4) is 0 Å². The minimum atomic E-state index is -0.273. The number of aryl methyl sites for hydroxylation is 1. The van der Waals surface area contributed by atoms with Gasteiger partial charge in [0.25, 0.3) is 5.56 Å². The van der Waals surface area contributed by atoms with Gasteiger partial charge in [-0.3, -0.25) is 14.2 Å². The largest absolute Gasteiger partial charge is 0.332 e. The van der Waals surface area contributed by atoms with Gasteiger partial charge < -0.3 is 4.90 Å². The Bertz CT molecular complexity index is 1130. The van der Waals surface area contributed by atoms with Crippen LogP contribution < -0.4 is 5.56 Å². The highest BCUT2D eigenvalue weighted by Gasteiger charge is 2.29. The first kappa shape index (κ1) is 23.7. The van der Waals surface area contributed by atoms with Gasteiger partial charge in [-0.1, -0.05) is 58.4 Å². The van der Waals surface area contributed by atoms with Crippen molar-refractivity contribution in [3.05, 3.63) is 70.3 Å². The van der Waals surface area contributed by atoms with Gasteiger partial charge in [-0.05, 0) is 55.5 Å². The van der Waals surface area contributed by atoms with Gasteiger partial charge >= 0.3 is 0 Å². The fraction of sp³-hybridized carbons (Fsp3) is 0.444. The number of carbonyl (C=O) groups is 1. The summed E-state index contributed by atoms with van der Waals surface area (Å²) in [7, 11) is 0. The van der Waals surface area contributed by atoms with Gasteiger partial charge in [-0.2, -0.15) is 0 Å². The van der Waals surface area contributed by atoms with Crippen molar-refractivity contribution in [1.82, 2.24) is 14.5 Å². The number of fused-ring (bicyclic) bond motifs is 1. The van der Waals surface area contributed by atoms with E-state index in [0.29, 0.717) is 36.1 Å². The van der Waals surface area contributed by atoms with Crippen molar-refractivity contribution in [3.8, 4) is 5.69 Å². The molecule has 1 heterocycles. The van der Waals surface area contributed by atoms with Crippen molar-refractivity contribution in [2.24, 2.45) is 5.92 Å². The minimum absolute atomic E-state index is 0.0959. The lowest BCUT2D eigenvalue weighted by molar-refractivity contribution is -0.135. The second-order valence-corrected chi connectivity index (χ2v) is 8.93. The number of aromatic nitrogens is 2. The molecule has 0 spiro atoms. The second kappa shape index (κ2) is 10.6. The normalized spacial score (nSPS) is 12.3. The summed E-state index contributed by atoms with van der Waals surface area (Å²) >= 11 is 0. The van der Waals surface area contributed by atoms with Crippen molar-refractivity contribution in [1.29, 1.82) is 0 Å². The van der Waals surface area contributed by atoms with E-state index in [9.17, 15) is 9.59 Å². The Labute approximate surface area is 191 Å². The lowest BCUT2D eigenvalue weighted by atomic mass is 10.1. The molecule has 1 amide bonds. The third-order valence-corrected chi connectivity index (χ3v) is 5.78. The topological polar surface area (TPSA) is 55.2 Å². The van der Waals surface area contributed by atoms with Crippen LogP contribution in [0.4, 0.5) is 0 Å². The van der Waals surface area contributed by atoms with Crippen molar-refractivity contribution < 1.29 is 4.79 Å². The van der Waals surface area contributed by atoms with E-state index in [0.717, 1.165) is 24.1 Å². The number of amides is 1. The number of rotatable bonds is 9. The molecule has 0 bridgehead atoms. The lowest BCUT2D eigenvalue weighted by Crippen LogP contribution is -2.39. The second-order valence-electron chi connectivity index (χ2n) is 8.93. The zero-order chi connectivity index (χ0) is 23.3. The number of hydrogen-bond donors (Lipinski definition) is 0. The standard InChI is InChI=1S/C27H35N3O2/c1-6-8-16-29(25(31)17-19(3)4)24(7-2)26-28-23-15-10-9-14-22(23)27(32)30(26)21-13-11-12-20(5)18-21/h9-15,18-19,24H,6-8,16-17H2,1-5H3. The summed E-state index contributed by atoms with van der Waals surface area (Å²) in [5.74, 6) is 1.03. The molecule has 0 aliphatic heterocycles. The molecule has 5 heteroatoms. The fourth-order valence-electron chi connectivity index (χ4n) is 4.18. The third kappa shape index (κ3) is 5.09. The van der Waals surface area contributed by atoms with Crippen molar-refractivity contribution >= 4 is 16.8 Å². The smallest absolute Gasteiger partial charge is 0.266 e. The molecule has 0 fully saturated rings. The van der Waals surface area contributed by atoms with Crippen LogP contribution in [-0.2, 0) is 4.79 Å². The number of unbranched alkanes of at least 4 members (excludes halogenated alkanes) is 1. The predicted molar refractivity (Wildman–Crippen MR) is 131 cm³/mol. The molecule has 1 aromatic heterocycles.